The van der Waals surface area contributed by atoms with Crippen LogP contribution >= 0.6 is 11.6 Å². The van der Waals surface area contributed by atoms with Crippen LogP contribution in [-0.2, 0) is 6.54 Å². The number of unbranched alkanes of at least 4 members (excludes halogenated alkanes) is 1. The van der Waals surface area contributed by atoms with E-state index in [1.165, 1.54) is 5.56 Å². The second-order valence-corrected chi connectivity index (χ2v) is 5.09. The topological polar surface area (TPSA) is 21.3 Å². The van der Waals surface area contributed by atoms with Crippen molar-refractivity contribution in [3.8, 4) is 5.75 Å². The molecule has 0 aliphatic heterocycles. The Bertz CT molecular complexity index is 525. The van der Waals surface area contributed by atoms with E-state index in [0.29, 0.717) is 0 Å². The predicted molar refractivity (Wildman–Crippen MR) is 85.6 cm³/mol. The SMILES string of the molecule is CCCCOc1ccc(CNc2ccccc2Cl)cc1. The van der Waals surface area contributed by atoms with Gasteiger partial charge in [-0.25, -0.2) is 0 Å². The second-order valence-electron chi connectivity index (χ2n) is 4.68. The first-order valence-electron chi connectivity index (χ1n) is 6.99. The van der Waals surface area contributed by atoms with Crippen LogP contribution in [0.2, 0.25) is 5.02 Å². The Hall–Kier alpha value is -1.67. The summed E-state index contributed by atoms with van der Waals surface area (Å²) >= 11 is 6.10. The normalized spacial score (nSPS) is 10.3. The van der Waals surface area contributed by atoms with E-state index in [1.54, 1.807) is 0 Å². The molecule has 0 amide bonds. The molecule has 0 aliphatic rings. The quantitative estimate of drug-likeness (QED) is 0.713. The molecule has 0 radical (unpaired) electrons. The number of para-hydroxylation sites is 1. The molecule has 2 aromatic carbocycles. The van der Waals surface area contributed by atoms with Gasteiger partial charge in [0, 0.05) is 6.54 Å². The fraction of sp³-hybridized carbons (Fsp3) is 0.294. The Morgan fingerprint density at radius 2 is 1.80 bits per heavy atom. The van der Waals surface area contributed by atoms with Crippen LogP contribution in [0.3, 0.4) is 0 Å². The molecule has 2 nitrogen and oxygen atoms in total. The van der Waals surface area contributed by atoms with E-state index >= 15 is 0 Å². The average Bonchev–Trinajstić information content (AvgIpc) is 2.48. The van der Waals surface area contributed by atoms with Gasteiger partial charge in [0.2, 0.25) is 0 Å². The maximum absolute atomic E-state index is 6.10. The number of hydrogen-bond donors (Lipinski definition) is 1. The van der Waals surface area contributed by atoms with Crippen molar-refractivity contribution in [1.29, 1.82) is 0 Å². The number of hydrogen-bond acceptors (Lipinski definition) is 2. The number of ether oxygens (including phenoxy) is 1. The number of rotatable bonds is 7. The molecular formula is C17H20ClNO. The maximum atomic E-state index is 6.10. The van der Waals surface area contributed by atoms with Gasteiger partial charge in [0.15, 0.2) is 0 Å². The third kappa shape index (κ3) is 4.46. The Labute approximate surface area is 125 Å². The summed E-state index contributed by atoms with van der Waals surface area (Å²) in [6.07, 6.45) is 2.25. The molecule has 0 aliphatic carbocycles. The standard InChI is InChI=1S/C17H20ClNO/c1-2-3-12-20-15-10-8-14(9-11-15)13-19-17-7-5-4-6-16(17)18/h4-11,19H,2-3,12-13H2,1H3. The highest BCUT2D eigenvalue weighted by atomic mass is 35.5. The Kier molecular flexibility index (Phi) is 5.75. The molecule has 1 N–H and O–H groups in total. The van der Waals surface area contributed by atoms with E-state index in [2.05, 4.69) is 24.4 Å². The van der Waals surface area contributed by atoms with Gasteiger partial charge in [-0.3, -0.25) is 0 Å². The van der Waals surface area contributed by atoms with Gasteiger partial charge in [-0.2, -0.15) is 0 Å². The third-order valence-corrected chi connectivity index (χ3v) is 3.38. The predicted octanol–water partition coefficient (Wildman–Crippen LogP) is 5.13. The maximum Gasteiger partial charge on any atom is 0.119 e. The summed E-state index contributed by atoms with van der Waals surface area (Å²) in [6.45, 7) is 3.69. The lowest BCUT2D eigenvalue weighted by Gasteiger charge is -2.09. The van der Waals surface area contributed by atoms with Gasteiger partial charge in [-0.1, -0.05) is 49.2 Å². The van der Waals surface area contributed by atoms with Gasteiger partial charge in [0.1, 0.15) is 5.75 Å². The van der Waals surface area contributed by atoms with Gasteiger partial charge in [0.05, 0.1) is 17.3 Å². The molecule has 0 saturated carbocycles. The fourth-order valence-corrected chi connectivity index (χ4v) is 2.04. The minimum absolute atomic E-state index is 0.743. The van der Waals surface area contributed by atoms with E-state index in [9.17, 15) is 0 Å². The van der Waals surface area contributed by atoms with Crippen LogP contribution in [0.1, 0.15) is 25.3 Å². The monoisotopic (exact) mass is 289 g/mol. The largest absolute Gasteiger partial charge is 0.494 e. The molecule has 0 heterocycles. The minimum Gasteiger partial charge on any atom is -0.494 e. The summed E-state index contributed by atoms with van der Waals surface area (Å²) in [5, 5.41) is 4.07. The lowest BCUT2D eigenvalue weighted by atomic mass is 10.2. The molecule has 0 bridgehead atoms. The van der Waals surface area contributed by atoms with Crippen molar-refractivity contribution in [2.45, 2.75) is 26.3 Å². The van der Waals surface area contributed by atoms with Crippen molar-refractivity contribution < 1.29 is 4.74 Å². The van der Waals surface area contributed by atoms with Crippen LogP contribution < -0.4 is 10.1 Å². The number of halogens is 1. The Morgan fingerprint density at radius 1 is 1.05 bits per heavy atom. The average molecular weight is 290 g/mol. The molecule has 0 saturated heterocycles. The first-order valence-corrected chi connectivity index (χ1v) is 7.37. The van der Waals surface area contributed by atoms with Crippen molar-refractivity contribution in [2.75, 3.05) is 11.9 Å². The van der Waals surface area contributed by atoms with Crippen molar-refractivity contribution in [3.05, 3.63) is 59.1 Å². The lowest BCUT2D eigenvalue weighted by Crippen LogP contribution is -2.00. The zero-order valence-electron chi connectivity index (χ0n) is 11.7. The van der Waals surface area contributed by atoms with Crippen LogP contribution in [0, 0.1) is 0 Å². The summed E-state index contributed by atoms with van der Waals surface area (Å²) in [7, 11) is 0. The molecule has 0 unspecified atom stereocenters. The van der Waals surface area contributed by atoms with E-state index in [0.717, 1.165) is 42.5 Å². The molecule has 0 aromatic heterocycles. The van der Waals surface area contributed by atoms with Gasteiger partial charge in [-0.15, -0.1) is 0 Å². The van der Waals surface area contributed by atoms with Gasteiger partial charge in [0.25, 0.3) is 0 Å². The van der Waals surface area contributed by atoms with Crippen molar-refractivity contribution in [3.63, 3.8) is 0 Å². The number of nitrogens with one attached hydrogen (secondary N) is 1. The summed E-state index contributed by atoms with van der Waals surface area (Å²) < 4.78 is 5.64. The molecule has 106 valence electrons. The molecule has 2 aromatic rings. The van der Waals surface area contributed by atoms with Crippen LogP contribution in [0.25, 0.3) is 0 Å². The van der Waals surface area contributed by atoms with Crippen LogP contribution in [-0.4, -0.2) is 6.61 Å². The molecule has 2 rings (SSSR count). The zero-order chi connectivity index (χ0) is 14.2. The molecule has 20 heavy (non-hydrogen) atoms. The Balaban J connectivity index is 1.86. The highest BCUT2D eigenvalue weighted by Crippen LogP contribution is 2.21. The summed E-state index contributed by atoms with van der Waals surface area (Å²) in [4.78, 5) is 0. The number of benzene rings is 2. The smallest absolute Gasteiger partial charge is 0.119 e. The first-order chi connectivity index (χ1) is 9.79. The minimum atomic E-state index is 0.743. The van der Waals surface area contributed by atoms with E-state index in [1.807, 2.05) is 36.4 Å². The molecule has 3 heteroatoms. The summed E-state index contributed by atoms with van der Waals surface area (Å²) in [5.74, 6) is 0.931. The molecular weight excluding hydrogens is 270 g/mol. The molecule has 0 spiro atoms. The van der Waals surface area contributed by atoms with E-state index in [-0.39, 0.29) is 0 Å². The summed E-state index contributed by atoms with van der Waals surface area (Å²) in [5.41, 5.74) is 2.16. The van der Waals surface area contributed by atoms with E-state index < -0.39 is 0 Å². The second kappa shape index (κ2) is 7.81. The van der Waals surface area contributed by atoms with Crippen molar-refractivity contribution >= 4 is 17.3 Å². The van der Waals surface area contributed by atoms with Crippen molar-refractivity contribution in [1.82, 2.24) is 0 Å². The summed E-state index contributed by atoms with van der Waals surface area (Å²) in [6, 6.07) is 15.9. The van der Waals surface area contributed by atoms with Gasteiger partial charge < -0.3 is 10.1 Å². The third-order valence-electron chi connectivity index (χ3n) is 3.05. The van der Waals surface area contributed by atoms with Gasteiger partial charge >= 0.3 is 0 Å². The first kappa shape index (κ1) is 14.7. The molecule has 0 fully saturated rings. The fourth-order valence-electron chi connectivity index (χ4n) is 1.84. The zero-order valence-corrected chi connectivity index (χ0v) is 12.5. The van der Waals surface area contributed by atoms with Crippen molar-refractivity contribution in [2.24, 2.45) is 0 Å². The molecule has 0 atom stereocenters. The van der Waals surface area contributed by atoms with E-state index in [4.69, 9.17) is 16.3 Å². The van der Waals surface area contributed by atoms with Crippen LogP contribution in [0.5, 0.6) is 5.75 Å². The highest BCUT2D eigenvalue weighted by molar-refractivity contribution is 6.33. The van der Waals surface area contributed by atoms with Gasteiger partial charge in [-0.05, 0) is 36.2 Å². The Morgan fingerprint density at radius 3 is 2.50 bits per heavy atom. The van der Waals surface area contributed by atoms with Crippen LogP contribution in [0.15, 0.2) is 48.5 Å². The van der Waals surface area contributed by atoms with Crippen LogP contribution in [0.4, 0.5) is 5.69 Å². The lowest BCUT2D eigenvalue weighted by molar-refractivity contribution is 0.309. The number of anilines is 1. The highest BCUT2D eigenvalue weighted by Gasteiger charge is 1.99.